The molecule has 2 aliphatic heterocycles. The van der Waals surface area contributed by atoms with E-state index in [1.165, 1.54) is 0 Å². The molecule has 11 nitrogen and oxygen atoms in total. The normalized spacial score (nSPS) is 21.1. The van der Waals surface area contributed by atoms with Gasteiger partial charge in [-0.1, -0.05) is 60.7 Å². The quantitative estimate of drug-likeness (QED) is 0.104. The molecule has 268 valence electrons. The number of carbonyl (C=O) groups excluding carboxylic acids is 3. The molecule has 2 amide bonds. The lowest BCUT2D eigenvalue weighted by Crippen LogP contribution is -2.45. The molecule has 4 atom stereocenters. The number of nitrogens with zero attached hydrogens (tertiary/aromatic N) is 1. The predicted octanol–water partition coefficient (Wildman–Crippen LogP) is 5.49. The Morgan fingerprint density at radius 1 is 0.900 bits per heavy atom. The highest BCUT2D eigenvalue weighted by molar-refractivity contribution is 5.78. The van der Waals surface area contributed by atoms with Crippen LogP contribution in [0.25, 0.3) is 11.1 Å². The average Bonchev–Trinajstić information content (AvgIpc) is 3.58. The number of aliphatic hydroxyl groups is 1. The minimum atomic E-state index is -0.658. The molecule has 3 aromatic carbocycles. The molecule has 2 saturated heterocycles. The van der Waals surface area contributed by atoms with E-state index in [1.54, 1.807) is 5.48 Å². The van der Waals surface area contributed by atoms with Crippen molar-refractivity contribution < 1.29 is 38.9 Å². The topological polar surface area (TPSA) is 147 Å². The summed E-state index contributed by atoms with van der Waals surface area (Å²) in [7, 11) is 0. The highest BCUT2D eigenvalue weighted by Crippen LogP contribution is 2.39. The monoisotopic (exact) mass is 687 g/mol. The van der Waals surface area contributed by atoms with E-state index in [4.69, 9.17) is 19.4 Å². The number of hydrogen-bond acceptors (Lipinski definition) is 9. The fourth-order valence-electron chi connectivity index (χ4n) is 6.46. The van der Waals surface area contributed by atoms with Crippen molar-refractivity contribution in [1.29, 1.82) is 0 Å². The Balaban J connectivity index is 1.31. The lowest BCUT2D eigenvalue weighted by Gasteiger charge is -2.38. The second-order valence-electron chi connectivity index (χ2n) is 14.0. The molecule has 0 spiro atoms. The molecule has 0 bridgehead atoms. The Morgan fingerprint density at radius 3 is 2.34 bits per heavy atom. The van der Waals surface area contributed by atoms with Crippen LogP contribution in [0, 0.1) is 0 Å². The van der Waals surface area contributed by atoms with Crippen molar-refractivity contribution in [3.63, 3.8) is 0 Å². The van der Waals surface area contributed by atoms with Crippen LogP contribution in [0.3, 0.4) is 0 Å². The van der Waals surface area contributed by atoms with Crippen molar-refractivity contribution in [2.45, 2.75) is 103 Å². The summed E-state index contributed by atoms with van der Waals surface area (Å²) in [5.41, 5.74) is 6.56. The molecule has 11 heteroatoms. The summed E-state index contributed by atoms with van der Waals surface area (Å²) in [6, 6.07) is 23.5. The molecule has 0 radical (unpaired) electrons. The van der Waals surface area contributed by atoms with E-state index in [0.29, 0.717) is 25.9 Å². The number of esters is 1. The van der Waals surface area contributed by atoms with E-state index in [2.05, 4.69) is 16.3 Å². The number of aliphatic hydroxyl groups excluding tert-OH is 1. The van der Waals surface area contributed by atoms with E-state index < -0.39 is 17.8 Å². The predicted molar refractivity (Wildman–Crippen MR) is 186 cm³/mol. The van der Waals surface area contributed by atoms with Gasteiger partial charge in [0.25, 0.3) is 0 Å². The van der Waals surface area contributed by atoms with Gasteiger partial charge in [0.15, 0.2) is 6.29 Å². The molecule has 2 fully saturated rings. The van der Waals surface area contributed by atoms with Crippen LogP contribution in [0.15, 0.2) is 72.8 Å². The molecule has 4 N–H and O–H groups in total. The first-order chi connectivity index (χ1) is 24.0. The Morgan fingerprint density at radius 2 is 1.62 bits per heavy atom. The Kier molecular flexibility index (Phi) is 12.8. The minimum Gasteiger partial charge on any atom is -0.459 e. The van der Waals surface area contributed by atoms with Gasteiger partial charge in [-0.15, -0.1) is 0 Å². The molecule has 0 aliphatic carbocycles. The summed E-state index contributed by atoms with van der Waals surface area (Å²) in [6.07, 6.45) is 1.74. The smallest absolute Gasteiger partial charge is 0.323 e. The number of amides is 2. The number of carbonyl (C=O) groups is 3. The summed E-state index contributed by atoms with van der Waals surface area (Å²) in [5.74, 6) is -0.884. The van der Waals surface area contributed by atoms with Crippen molar-refractivity contribution in [3.05, 3.63) is 95.1 Å². The van der Waals surface area contributed by atoms with Crippen LogP contribution in [0.5, 0.6) is 0 Å². The van der Waals surface area contributed by atoms with Crippen molar-refractivity contribution in [3.8, 4) is 11.1 Å². The number of likely N-dealkylation sites (tertiary alicyclic amines) is 1. The van der Waals surface area contributed by atoms with Crippen LogP contribution in [-0.2, 0) is 41.7 Å². The van der Waals surface area contributed by atoms with E-state index in [0.717, 1.165) is 52.8 Å². The molecular formula is C39H49N3O8. The second-order valence-corrected chi connectivity index (χ2v) is 14.0. The fourth-order valence-corrected chi connectivity index (χ4v) is 6.46. The van der Waals surface area contributed by atoms with E-state index in [9.17, 15) is 19.5 Å². The summed E-state index contributed by atoms with van der Waals surface area (Å²) in [5, 5.41) is 21.1. The number of ether oxygens (including phenoxy) is 3. The van der Waals surface area contributed by atoms with Gasteiger partial charge in [-0.3, -0.25) is 24.5 Å². The molecule has 2 heterocycles. The zero-order valence-electron chi connectivity index (χ0n) is 29.1. The van der Waals surface area contributed by atoms with Crippen molar-refractivity contribution in [2.75, 3.05) is 13.1 Å². The lowest BCUT2D eigenvalue weighted by molar-refractivity contribution is -0.253. The summed E-state index contributed by atoms with van der Waals surface area (Å²) < 4.78 is 19.0. The molecule has 4 unspecified atom stereocenters. The van der Waals surface area contributed by atoms with E-state index >= 15 is 0 Å². The Bertz CT molecular complexity index is 1610. The maximum absolute atomic E-state index is 13.1. The number of hydrogen-bond donors (Lipinski definition) is 4. The number of hydroxylamine groups is 1. The van der Waals surface area contributed by atoms with Gasteiger partial charge >= 0.3 is 5.97 Å². The highest BCUT2D eigenvalue weighted by Gasteiger charge is 2.39. The third-order valence-corrected chi connectivity index (χ3v) is 8.94. The fraction of sp³-hybridized carbons (Fsp3) is 0.462. The van der Waals surface area contributed by atoms with Crippen LogP contribution < -0.4 is 10.8 Å². The Hall–Kier alpha value is -4.13. The minimum absolute atomic E-state index is 0.0347. The maximum atomic E-state index is 13.1. The van der Waals surface area contributed by atoms with Gasteiger partial charge in [0, 0.05) is 37.9 Å². The molecular weight excluding hydrogens is 638 g/mol. The van der Waals surface area contributed by atoms with E-state index in [1.807, 2.05) is 87.5 Å². The molecule has 2 aliphatic rings. The van der Waals surface area contributed by atoms with Gasteiger partial charge in [-0.25, -0.2) is 5.48 Å². The number of benzene rings is 3. The van der Waals surface area contributed by atoms with E-state index in [-0.39, 0.29) is 49.6 Å². The zero-order valence-corrected chi connectivity index (χ0v) is 29.1. The van der Waals surface area contributed by atoms with Crippen LogP contribution in [-0.4, -0.2) is 63.8 Å². The first-order valence-corrected chi connectivity index (χ1v) is 17.4. The molecule has 3 aromatic rings. The lowest BCUT2D eigenvalue weighted by atomic mass is 9.98. The molecule has 0 saturated carbocycles. The van der Waals surface area contributed by atoms with Gasteiger partial charge in [0.05, 0.1) is 18.8 Å². The highest BCUT2D eigenvalue weighted by atomic mass is 16.7. The van der Waals surface area contributed by atoms with Crippen LogP contribution >= 0.6 is 0 Å². The number of rotatable bonds is 13. The standard InChI is InChI=1S/C39H49N3O8/c1-39(2,3)50-37(46)33-12-7-19-42(33)24-32-22-34(28-17-15-26(25-43)16-18-28)49-38(48-32)31-11-5-10-30(21-31)29-9-4-8-27(20-29)23-40-35(44)13-6-14-36(45)41-47/h4-5,8-11,15-18,20-21,32-34,38,43,47H,6-7,12-14,19,22-25H2,1-3H3,(H,40,44)(H,41,45). The number of nitrogens with one attached hydrogen (secondary N) is 2. The van der Waals surface area contributed by atoms with Gasteiger partial charge in [0.1, 0.15) is 11.6 Å². The van der Waals surface area contributed by atoms with Gasteiger partial charge < -0.3 is 24.6 Å². The molecule has 50 heavy (non-hydrogen) atoms. The molecule has 5 rings (SSSR count). The average molecular weight is 688 g/mol. The van der Waals surface area contributed by atoms with Crippen molar-refractivity contribution in [2.24, 2.45) is 0 Å². The molecule has 0 aromatic heterocycles. The maximum Gasteiger partial charge on any atom is 0.323 e. The first-order valence-electron chi connectivity index (χ1n) is 17.4. The third kappa shape index (κ3) is 10.4. The van der Waals surface area contributed by atoms with Crippen LogP contribution in [0.4, 0.5) is 0 Å². The van der Waals surface area contributed by atoms with Gasteiger partial charge in [-0.2, -0.15) is 0 Å². The summed E-state index contributed by atoms with van der Waals surface area (Å²) >= 11 is 0. The summed E-state index contributed by atoms with van der Waals surface area (Å²) in [6.45, 7) is 7.32. The van der Waals surface area contributed by atoms with Crippen molar-refractivity contribution >= 4 is 17.8 Å². The largest absolute Gasteiger partial charge is 0.459 e. The van der Waals surface area contributed by atoms with Crippen LogP contribution in [0.1, 0.15) is 93.9 Å². The second kappa shape index (κ2) is 17.2. The zero-order chi connectivity index (χ0) is 35.7. The SMILES string of the molecule is CC(C)(C)OC(=O)C1CCCN1CC1CC(c2ccc(CO)cc2)OC(c2cccc(-c3cccc(CNC(=O)CCCC(=O)NO)c3)c2)O1. The van der Waals surface area contributed by atoms with Crippen LogP contribution in [0.2, 0.25) is 0 Å². The van der Waals surface area contributed by atoms with Gasteiger partial charge in [-0.05, 0) is 86.5 Å². The Labute approximate surface area is 293 Å². The third-order valence-electron chi connectivity index (χ3n) is 8.94. The van der Waals surface area contributed by atoms with Crippen molar-refractivity contribution in [1.82, 2.24) is 15.7 Å². The summed E-state index contributed by atoms with van der Waals surface area (Å²) in [4.78, 5) is 38.8. The van der Waals surface area contributed by atoms with Gasteiger partial charge in [0.2, 0.25) is 11.8 Å². The first kappa shape index (κ1) is 37.1.